The Kier molecular flexibility index (Phi) is 3.77. The second-order valence-corrected chi connectivity index (χ2v) is 4.51. The number of anilines is 1. The number of amides is 1. The Morgan fingerprint density at radius 3 is 2.31 bits per heavy atom. The smallest absolute Gasteiger partial charge is 0.426 e. The first-order valence-corrected chi connectivity index (χ1v) is 5.17. The molecule has 4 nitrogen and oxygen atoms in total. The number of hydrogen-bond acceptors (Lipinski definition) is 3. The molecule has 0 spiro atoms. The van der Waals surface area contributed by atoms with Gasteiger partial charge in [-0.15, -0.1) is 0 Å². The molecule has 0 atom stereocenters. The van der Waals surface area contributed by atoms with Gasteiger partial charge in [0.2, 0.25) is 0 Å². The van der Waals surface area contributed by atoms with E-state index in [0.29, 0.717) is 0 Å². The van der Waals surface area contributed by atoms with Crippen molar-refractivity contribution in [2.75, 3.05) is 12.1 Å². The highest BCUT2D eigenvalue weighted by Crippen LogP contribution is 2.10. The van der Waals surface area contributed by atoms with Gasteiger partial charge in [-0.25, -0.2) is 10.2 Å². The Morgan fingerprint density at radius 2 is 1.81 bits per heavy atom. The molecule has 1 aromatic carbocycles. The molecule has 0 bridgehead atoms. The van der Waals surface area contributed by atoms with Crippen LogP contribution in [0.4, 0.5) is 10.5 Å². The number of carbonyl (C=O) groups excluding carboxylic acids is 1. The number of hydrazine groups is 1. The van der Waals surface area contributed by atoms with Gasteiger partial charge in [-0.3, -0.25) is 5.01 Å². The SMILES string of the molecule is CN(NC(=O)OC(C)(C)C)c1ccccc1. The van der Waals surface area contributed by atoms with E-state index in [2.05, 4.69) is 5.43 Å². The first-order valence-electron chi connectivity index (χ1n) is 5.17. The van der Waals surface area contributed by atoms with Crippen molar-refractivity contribution in [3.63, 3.8) is 0 Å². The van der Waals surface area contributed by atoms with Crippen molar-refractivity contribution < 1.29 is 9.53 Å². The highest BCUT2D eigenvalue weighted by Gasteiger charge is 2.17. The largest absolute Gasteiger partial charge is 0.443 e. The van der Waals surface area contributed by atoms with E-state index in [1.54, 1.807) is 12.1 Å². The van der Waals surface area contributed by atoms with Gasteiger partial charge in [-0.05, 0) is 32.9 Å². The van der Waals surface area contributed by atoms with E-state index < -0.39 is 11.7 Å². The van der Waals surface area contributed by atoms with Crippen LogP contribution >= 0.6 is 0 Å². The maximum atomic E-state index is 11.5. The third kappa shape index (κ3) is 4.21. The molecule has 0 fully saturated rings. The summed E-state index contributed by atoms with van der Waals surface area (Å²) in [6.07, 6.45) is -0.459. The quantitative estimate of drug-likeness (QED) is 0.782. The van der Waals surface area contributed by atoms with Crippen LogP contribution < -0.4 is 10.4 Å². The summed E-state index contributed by atoms with van der Waals surface area (Å²) in [6.45, 7) is 5.49. The summed E-state index contributed by atoms with van der Waals surface area (Å²) >= 11 is 0. The van der Waals surface area contributed by atoms with Gasteiger partial charge in [0.15, 0.2) is 0 Å². The molecule has 1 N–H and O–H groups in total. The second kappa shape index (κ2) is 4.88. The third-order valence-electron chi connectivity index (χ3n) is 1.80. The summed E-state index contributed by atoms with van der Waals surface area (Å²) in [4.78, 5) is 11.5. The van der Waals surface area contributed by atoms with Crippen LogP contribution in [-0.4, -0.2) is 18.7 Å². The minimum absolute atomic E-state index is 0.459. The maximum absolute atomic E-state index is 11.5. The van der Waals surface area contributed by atoms with Gasteiger partial charge in [-0.2, -0.15) is 0 Å². The van der Waals surface area contributed by atoms with Crippen LogP contribution in [0, 0.1) is 0 Å². The van der Waals surface area contributed by atoms with Gasteiger partial charge in [0.1, 0.15) is 5.60 Å². The fourth-order valence-corrected chi connectivity index (χ4v) is 1.15. The molecule has 1 aromatic rings. The maximum Gasteiger partial charge on any atom is 0.426 e. The van der Waals surface area contributed by atoms with Crippen LogP contribution in [0.5, 0.6) is 0 Å². The molecular formula is C12H18N2O2. The molecule has 0 aliphatic carbocycles. The number of para-hydroxylation sites is 1. The van der Waals surface area contributed by atoms with Crippen LogP contribution in [0.1, 0.15) is 20.8 Å². The summed E-state index contributed by atoms with van der Waals surface area (Å²) in [5.74, 6) is 0. The molecule has 0 aliphatic rings. The molecule has 0 saturated heterocycles. The minimum atomic E-state index is -0.485. The lowest BCUT2D eigenvalue weighted by atomic mass is 10.2. The van der Waals surface area contributed by atoms with Crippen molar-refractivity contribution >= 4 is 11.8 Å². The van der Waals surface area contributed by atoms with Crippen molar-refractivity contribution in [3.05, 3.63) is 30.3 Å². The van der Waals surface area contributed by atoms with E-state index in [1.807, 2.05) is 51.1 Å². The molecule has 4 heteroatoms. The van der Waals surface area contributed by atoms with Gasteiger partial charge >= 0.3 is 6.09 Å². The second-order valence-electron chi connectivity index (χ2n) is 4.51. The van der Waals surface area contributed by atoms with Crippen LogP contribution in [0.25, 0.3) is 0 Å². The number of carbonyl (C=O) groups is 1. The highest BCUT2D eigenvalue weighted by molar-refractivity contribution is 5.70. The highest BCUT2D eigenvalue weighted by atomic mass is 16.6. The van der Waals surface area contributed by atoms with Gasteiger partial charge < -0.3 is 4.74 Å². The number of nitrogens with zero attached hydrogens (tertiary/aromatic N) is 1. The van der Waals surface area contributed by atoms with E-state index >= 15 is 0 Å². The molecule has 88 valence electrons. The Bertz CT molecular complexity index is 344. The molecule has 16 heavy (non-hydrogen) atoms. The fraction of sp³-hybridized carbons (Fsp3) is 0.417. The van der Waals surface area contributed by atoms with Crippen LogP contribution in [0.15, 0.2) is 30.3 Å². The zero-order chi connectivity index (χ0) is 12.2. The summed E-state index contributed by atoms with van der Waals surface area (Å²) in [5, 5.41) is 1.62. The van der Waals surface area contributed by atoms with E-state index in [9.17, 15) is 4.79 Å². The monoisotopic (exact) mass is 222 g/mol. The van der Waals surface area contributed by atoms with Gasteiger partial charge in [-0.1, -0.05) is 18.2 Å². The standard InChI is InChI=1S/C12H18N2O2/c1-12(2,3)16-11(15)13-14(4)10-8-6-5-7-9-10/h5-9H,1-4H3,(H,13,15). The number of hydrogen-bond donors (Lipinski definition) is 1. The predicted octanol–water partition coefficient (Wildman–Crippen LogP) is 2.56. The Morgan fingerprint density at radius 1 is 1.25 bits per heavy atom. The average molecular weight is 222 g/mol. The molecule has 0 radical (unpaired) electrons. The van der Waals surface area contributed by atoms with Crippen molar-refractivity contribution in [1.29, 1.82) is 0 Å². The average Bonchev–Trinajstić information content (AvgIpc) is 2.16. The lowest BCUT2D eigenvalue weighted by Gasteiger charge is -2.24. The molecule has 0 aromatic heterocycles. The van der Waals surface area contributed by atoms with Crippen LogP contribution in [0.2, 0.25) is 0 Å². The van der Waals surface area contributed by atoms with Crippen molar-refractivity contribution in [1.82, 2.24) is 5.43 Å². The lowest BCUT2D eigenvalue weighted by Crippen LogP contribution is -2.42. The predicted molar refractivity (Wildman–Crippen MR) is 64.2 cm³/mol. The summed E-state index contributed by atoms with van der Waals surface area (Å²) in [7, 11) is 1.76. The zero-order valence-corrected chi connectivity index (χ0v) is 10.2. The first kappa shape index (κ1) is 12.4. The first-order chi connectivity index (χ1) is 7.38. The van der Waals surface area contributed by atoms with Crippen molar-refractivity contribution in [2.24, 2.45) is 0 Å². The number of nitrogens with one attached hydrogen (secondary N) is 1. The zero-order valence-electron chi connectivity index (χ0n) is 10.2. The van der Waals surface area contributed by atoms with Crippen LogP contribution in [-0.2, 0) is 4.74 Å². The minimum Gasteiger partial charge on any atom is -0.443 e. The van der Waals surface area contributed by atoms with E-state index in [0.717, 1.165) is 5.69 Å². The lowest BCUT2D eigenvalue weighted by molar-refractivity contribution is 0.0524. The topological polar surface area (TPSA) is 41.6 Å². The van der Waals surface area contributed by atoms with E-state index in [1.165, 1.54) is 0 Å². The van der Waals surface area contributed by atoms with Crippen LogP contribution in [0.3, 0.4) is 0 Å². The van der Waals surface area contributed by atoms with Gasteiger partial charge in [0.05, 0.1) is 5.69 Å². The molecule has 0 aliphatic heterocycles. The number of rotatable bonds is 2. The molecule has 0 unspecified atom stereocenters. The van der Waals surface area contributed by atoms with Gasteiger partial charge in [0, 0.05) is 7.05 Å². The number of benzene rings is 1. The summed E-state index contributed by atoms with van der Waals surface area (Å²) < 4.78 is 5.14. The van der Waals surface area contributed by atoms with Crippen molar-refractivity contribution in [3.8, 4) is 0 Å². The van der Waals surface area contributed by atoms with E-state index in [-0.39, 0.29) is 0 Å². The Hall–Kier alpha value is -1.71. The summed E-state index contributed by atoms with van der Waals surface area (Å²) in [5.41, 5.74) is 3.04. The van der Waals surface area contributed by atoms with Gasteiger partial charge in [0.25, 0.3) is 0 Å². The summed E-state index contributed by atoms with van der Waals surface area (Å²) in [6, 6.07) is 9.53. The molecule has 0 saturated carbocycles. The number of ether oxygens (including phenoxy) is 1. The molecular weight excluding hydrogens is 204 g/mol. The third-order valence-corrected chi connectivity index (χ3v) is 1.80. The van der Waals surface area contributed by atoms with E-state index in [4.69, 9.17) is 4.74 Å². The Labute approximate surface area is 96.2 Å². The van der Waals surface area contributed by atoms with Crippen molar-refractivity contribution in [2.45, 2.75) is 26.4 Å². The normalized spacial score (nSPS) is 10.8. The fourth-order valence-electron chi connectivity index (χ4n) is 1.15. The molecule has 1 amide bonds. The Balaban J connectivity index is 2.52. The molecule has 0 heterocycles. The molecule has 1 rings (SSSR count).